The van der Waals surface area contributed by atoms with Crippen molar-refractivity contribution in [1.29, 1.82) is 0 Å². The number of rotatable bonds is 8. The van der Waals surface area contributed by atoms with Gasteiger partial charge in [0.1, 0.15) is 0 Å². The molecule has 166 valence electrons. The van der Waals surface area contributed by atoms with Gasteiger partial charge in [0, 0.05) is 19.5 Å². The van der Waals surface area contributed by atoms with Crippen LogP contribution in [0.25, 0.3) is 0 Å². The Bertz CT molecular complexity index is 869. The van der Waals surface area contributed by atoms with Gasteiger partial charge in [0.25, 0.3) is 0 Å². The van der Waals surface area contributed by atoms with Crippen molar-refractivity contribution in [3.63, 3.8) is 0 Å². The van der Waals surface area contributed by atoms with Crippen molar-refractivity contribution in [2.45, 2.75) is 44.8 Å². The van der Waals surface area contributed by atoms with E-state index in [1.165, 1.54) is 5.56 Å². The minimum absolute atomic E-state index is 0.294. The average molecular weight is 424 g/mol. The summed E-state index contributed by atoms with van der Waals surface area (Å²) < 4.78 is 17.0. The van der Waals surface area contributed by atoms with Crippen molar-refractivity contribution < 1.29 is 19.0 Å². The van der Waals surface area contributed by atoms with E-state index in [0.717, 1.165) is 55.8 Å². The number of likely N-dealkylation sites (tertiary alicyclic amines) is 1. The van der Waals surface area contributed by atoms with Crippen LogP contribution in [0.15, 0.2) is 48.5 Å². The highest BCUT2D eigenvalue weighted by Gasteiger charge is 2.38. The van der Waals surface area contributed by atoms with Crippen molar-refractivity contribution in [2.75, 3.05) is 27.3 Å². The lowest BCUT2D eigenvalue weighted by Crippen LogP contribution is -2.48. The van der Waals surface area contributed by atoms with Gasteiger partial charge in [-0.3, -0.25) is 4.79 Å². The van der Waals surface area contributed by atoms with Gasteiger partial charge in [-0.05, 0) is 60.8 Å². The number of ether oxygens (including phenoxy) is 3. The molecule has 5 nitrogen and oxygen atoms in total. The molecule has 0 bridgehead atoms. The van der Waals surface area contributed by atoms with Gasteiger partial charge in [-0.2, -0.15) is 0 Å². The van der Waals surface area contributed by atoms with Crippen molar-refractivity contribution in [3.05, 3.63) is 59.7 Å². The molecule has 0 radical (unpaired) electrons. The molecule has 31 heavy (non-hydrogen) atoms. The molecule has 0 aromatic heterocycles. The second-order valence-corrected chi connectivity index (χ2v) is 8.74. The molecule has 0 unspecified atom stereocenters. The van der Waals surface area contributed by atoms with E-state index in [9.17, 15) is 4.79 Å². The Morgan fingerprint density at radius 1 is 0.935 bits per heavy atom. The minimum Gasteiger partial charge on any atom is -0.493 e. The van der Waals surface area contributed by atoms with E-state index in [0.29, 0.717) is 36.9 Å². The zero-order chi connectivity index (χ0) is 21.6. The Morgan fingerprint density at radius 3 is 2.52 bits per heavy atom. The minimum atomic E-state index is 0.294. The summed E-state index contributed by atoms with van der Waals surface area (Å²) in [6.45, 7) is 2.26. The molecule has 2 aromatic rings. The van der Waals surface area contributed by atoms with E-state index in [4.69, 9.17) is 14.2 Å². The number of piperidine rings is 1. The molecule has 1 saturated carbocycles. The molecule has 0 spiro atoms. The van der Waals surface area contributed by atoms with Crippen molar-refractivity contribution >= 4 is 5.91 Å². The van der Waals surface area contributed by atoms with Gasteiger partial charge < -0.3 is 19.1 Å². The van der Waals surface area contributed by atoms with Gasteiger partial charge in [-0.1, -0.05) is 36.4 Å². The normalized spacial score (nSPS) is 23.4. The predicted octanol–water partition coefficient (Wildman–Crippen LogP) is 4.48. The number of methoxy groups -OCH3 is 2. The van der Waals surface area contributed by atoms with Gasteiger partial charge in [0.05, 0.1) is 26.9 Å². The molecule has 4 rings (SSSR count). The first-order valence-electron chi connectivity index (χ1n) is 11.3. The van der Waals surface area contributed by atoms with E-state index in [-0.39, 0.29) is 0 Å². The molecule has 2 fully saturated rings. The lowest BCUT2D eigenvalue weighted by molar-refractivity contribution is -0.140. The quantitative estimate of drug-likeness (QED) is 0.628. The number of amides is 1. The number of carbonyl (C=O) groups is 1. The monoisotopic (exact) mass is 423 g/mol. The van der Waals surface area contributed by atoms with E-state index >= 15 is 0 Å². The summed E-state index contributed by atoms with van der Waals surface area (Å²) in [5.41, 5.74) is 2.38. The second-order valence-electron chi connectivity index (χ2n) is 8.74. The Morgan fingerprint density at radius 2 is 1.74 bits per heavy atom. The van der Waals surface area contributed by atoms with Gasteiger partial charge in [0.15, 0.2) is 11.5 Å². The first-order valence-corrected chi connectivity index (χ1v) is 11.3. The molecule has 5 heteroatoms. The molecule has 1 heterocycles. The first kappa shape index (κ1) is 21.7. The Labute approximate surface area is 185 Å². The molecular weight excluding hydrogens is 390 g/mol. The first-order chi connectivity index (χ1) is 15.2. The van der Waals surface area contributed by atoms with Crippen LogP contribution in [0, 0.1) is 11.8 Å². The molecule has 2 aliphatic rings. The summed E-state index contributed by atoms with van der Waals surface area (Å²) in [5.74, 6) is 2.81. The largest absolute Gasteiger partial charge is 0.493 e. The molecule has 1 aliphatic carbocycles. The number of benzene rings is 2. The molecule has 3 atom stereocenters. The van der Waals surface area contributed by atoms with Gasteiger partial charge in [0.2, 0.25) is 5.91 Å². The zero-order valence-corrected chi connectivity index (χ0v) is 18.6. The number of carbonyl (C=O) groups excluding carboxylic acids is 1. The lowest BCUT2D eigenvalue weighted by Gasteiger charge is -2.43. The summed E-state index contributed by atoms with van der Waals surface area (Å²) in [6, 6.07) is 16.3. The summed E-state index contributed by atoms with van der Waals surface area (Å²) in [5, 5.41) is 0. The fraction of sp³-hybridized carbons (Fsp3) is 0.500. The second kappa shape index (κ2) is 10.2. The molecule has 1 saturated heterocycles. The fourth-order valence-corrected chi connectivity index (χ4v) is 4.97. The maximum absolute atomic E-state index is 12.7. The highest BCUT2D eigenvalue weighted by Crippen LogP contribution is 2.38. The van der Waals surface area contributed by atoms with Crippen molar-refractivity contribution in [1.82, 2.24) is 4.90 Å². The maximum atomic E-state index is 12.7. The summed E-state index contributed by atoms with van der Waals surface area (Å²) in [6.07, 6.45) is 5.01. The summed E-state index contributed by atoms with van der Waals surface area (Å²) >= 11 is 0. The highest BCUT2D eigenvalue weighted by molar-refractivity contribution is 5.77. The number of fused-ring (bicyclic) bond motifs is 1. The third-order valence-corrected chi connectivity index (χ3v) is 6.78. The van der Waals surface area contributed by atoms with Crippen LogP contribution >= 0.6 is 0 Å². The molecule has 1 amide bonds. The lowest BCUT2D eigenvalue weighted by atomic mass is 9.73. The van der Waals surface area contributed by atoms with Gasteiger partial charge in [-0.25, -0.2) is 0 Å². The van der Waals surface area contributed by atoms with E-state index < -0.39 is 0 Å². The van der Waals surface area contributed by atoms with Crippen LogP contribution in [0.4, 0.5) is 0 Å². The highest BCUT2D eigenvalue weighted by atomic mass is 16.5. The van der Waals surface area contributed by atoms with Crippen LogP contribution in [0.3, 0.4) is 0 Å². The SMILES string of the molecule is COc1ccc(CCN2C[C@@H]3C[C@H](OCc4ccccc4)CC[C@@H]3CC2=O)cc1OC. The van der Waals surface area contributed by atoms with E-state index in [2.05, 4.69) is 29.2 Å². The Hall–Kier alpha value is -2.53. The Kier molecular flexibility index (Phi) is 7.13. The van der Waals surface area contributed by atoms with E-state index in [1.54, 1.807) is 14.2 Å². The third-order valence-electron chi connectivity index (χ3n) is 6.78. The standard InChI is InChI=1S/C26H33NO4/c1-29-24-11-8-19(14-25(24)30-2)12-13-27-17-22-15-23(10-9-21(22)16-26(27)28)31-18-20-6-4-3-5-7-20/h3-8,11,14,21-23H,9-10,12-13,15-18H2,1-2H3/t21-,22+,23-/m1/s1. The summed E-state index contributed by atoms with van der Waals surface area (Å²) in [7, 11) is 3.29. The Balaban J connectivity index is 1.31. The van der Waals surface area contributed by atoms with Crippen LogP contribution < -0.4 is 9.47 Å². The smallest absolute Gasteiger partial charge is 0.222 e. The predicted molar refractivity (Wildman–Crippen MR) is 120 cm³/mol. The fourth-order valence-electron chi connectivity index (χ4n) is 4.97. The number of hydrogen-bond donors (Lipinski definition) is 0. The third kappa shape index (κ3) is 5.40. The van der Waals surface area contributed by atoms with Crippen LogP contribution in [0.1, 0.15) is 36.8 Å². The average Bonchev–Trinajstić information content (AvgIpc) is 2.81. The van der Waals surface area contributed by atoms with Crippen molar-refractivity contribution in [3.8, 4) is 11.5 Å². The number of nitrogens with zero attached hydrogens (tertiary/aromatic N) is 1. The van der Waals surface area contributed by atoms with Gasteiger partial charge >= 0.3 is 0 Å². The van der Waals surface area contributed by atoms with Crippen LogP contribution in [-0.2, 0) is 22.6 Å². The topological polar surface area (TPSA) is 48.0 Å². The summed E-state index contributed by atoms with van der Waals surface area (Å²) in [4.78, 5) is 14.8. The van der Waals surface area contributed by atoms with Crippen LogP contribution in [0.2, 0.25) is 0 Å². The number of hydrogen-bond acceptors (Lipinski definition) is 4. The van der Waals surface area contributed by atoms with Crippen molar-refractivity contribution in [2.24, 2.45) is 11.8 Å². The molecular formula is C26H33NO4. The zero-order valence-electron chi connectivity index (χ0n) is 18.6. The van der Waals surface area contributed by atoms with Gasteiger partial charge in [-0.15, -0.1) is 0 Å². The maximum Gasteiger partial charge on any atom is 0.222 e. The van der Waals surface area contributed by atoms with Crippen LogP contribution in [-0.4, -0.2) is 44.2 Å². The van der Waals surface area contributed by atoms with E-state index in [1.807, 2.05) is 24.3 Å². The molecule has 0 N–H and O–H groups in total. The molecule has 1 aliphatic heterocycles. The molecule has 2 aromatic carbocycles. The van der Waals surface area contributed by atoms with Crippen LogP contribution in [0.5, 0.6) is 11.5 Å².